The molecule has 0 amide bonds. The molecule has 5 heteroatoms. The van der Waals surface area contributed by atoms with Crippen molar-refractivity contribution in [3.8, 4) is 11.8 Å². The molecule has 0 spiro atoms. The Balaban J connectivity index is 2.59. The Morgan fingerprint density at radius 3 is 2.86 bits per heavy atom. The van der Waals surface area contributed by atoms with Gasteiger partial charge >= 0.3 is 0 Å². The molecule has 0 aliphatic rings. The molecule has 0 saturated heterocycles. The van der Waals surface area contributed by atoms with Crippen molar-refractivity contribution in [2.75, 3.05) is 19.5 Å². The van der Waals surface area contributed by atoms with Gasteiger partial charge in [0, 0.05) is 0 Å². The summed E-state index contributed by atoms with van der Waals surface area (Å²) in [6, 6.07) is 0. The maximum absolute atomic E-state index is 5.60. The number of nitrogen functional groups attached to an aromatic ring is 1. The number of hydrogen-bond acceptors (Lipinski definition) is 5. The maximum atomic E-state index is 5.60. The molecule has 1 heterocycles. The molecule has 1 aromatic heterocycles. The molecule has 0 unspecified atom stereocenters. The van der Waals surface area contributed by atoms with Crippen molar-refractivity contribution >= 4 is 5.82 Å². The fourth-order valence-corrected chi connectivity index (χ4v) is 0.898. The van der Waals surface area contributed by atoms with Crippen LogP contribution in [0.5, 0.6) is 11.8 Å². The number of unbranched alkanes of at least 4 members (excludes halogenated alkanes) is 1. The highest BCUT2D eigenvalue weighted by Crippen LogP contribution is 2.18. The SMILES string of the molecule is CCCCOc1ncc(OC)nc1N. The Labute approximate surface area is 83.3 Å². The number of ether oxygens (including phenoxy) is 2. The van der Waals surface area contributed by atoms with Crippen LogP contribution < -0.4 is 15.2 Å². The van der Waals surface area contributed by atoms with Gasteiger partial charge in [-0.05, 0) is 6.42 Å². The van der Waals surface area contributed by atoms with Gasteiger partial charge in [-0.1, -0.05) is 13.3 Å². The molecular formula is C9H15N3O2. The van der Waals surface area contributed by atoms with E-state index in [9.17, 15) is 0 Å². The van der Waals surface area contributed by atoms with E-state index in [0.717, 1.165) is 12.8 Å². The first-order chi connectivity index (χ1) is 6.77. The Bertz CT molecular complexity index is 291. The van der Waals surface area contributed by atoms with Gasteiger partial charge in [0.25, 0.3) is 5.88 Å². The van der Waals surface area contributed by atoms with Gasteiger partial charge in [-0.2, -0.15) is 4.98 Å². The number of methoxy groups -OCH3 is 1. The van der Waals surface area contributed by atoms with Crippen LogP contribution in [-0.2, 0) is 0 Å². The number of nitrogens with two attached hydrogens (primary N) is 1. The lowest BCUT2D eigenvalue weighted by Gasteiger charge is -2.06. The normalized spacial score (nSPS) is 9.86. The molecule has 0 aliphatic carbocycles. The van der Waals surface area contributed by atoms with Crippen LogP contribution in [0.1, 0.15) is 19.8 Å². The molecule has 0 bridgehead atoms. The summed E-state index contributed by atoms with van der Waals surface area (Å²) >= 11 is 0. The standard InChI is InChI=1S/C9H15N3O2/c1-3-4-5-14-9-8(10)12-7(13-2)6-11-9/h6H,3-5H2,1-2H3,(H2,10,12). The maximum Gasteiger partial charge on any atom is 0.257 e. The molecule has 5 nitrogen and oxygen atoms in total. The van der Waals surface area contributed by atoms with Crippen LogP contribution in [0.3, 0.4) is 0 Å². The minimum absolute atomic E-state index is 0.264. The monoisotopic (exact) mass is 197 g/mol. The van der Waals surface area contributed by atoms with Crippen molar-refractivity contribution in [3.05, 3.63) is 6.20 Å². The van der Waals surface area contributed by atoms with E-state index in [2.05, 4.69) is 16.9 Å². The summed E-state index contributed by atoms with van der Waals surface area (Å²) in [6.45, 7) is 2.70. The third-order valence-corrected chi connectivity index (χ3v) is 1.69. The van der Waals surface area contributed by atoms with E-state index in [-0.39, 0.29) is 5.82 Å². The van der Waals surface area contributed by atoms with Crippen LogP contribution in [0.4, 0.5) is 5.82 Å². The molecule has 0 radical (unpaired) electrons. The molecule has 78 valence electrons. The predicted octanol–water partition coefficient (Wildman–Crippen LogP) is 1.25. The van der Waals surface area contributed by atoms with E-state index in [1.165, 1.54) is 13.3 Å². The quantitative estimate of drug-likeness (QED) is 0.719. The Kier molecular flexibility index (Phi) is 3.97. The molecule has 0 fully saturated rings. The van der Waals surface area contributed by atoms with E-state index in [4.69, 9.17) is 15.2 Å². The summed E-state index contributed by atoms with van der Waals surface area (Å²) in [5, 5.41) is 0. The summed E-state index contributed by atoms with van der Waals surface area (Å²) in [6.07, 6.45) is 3.54. The summed E-state index contributed by atoms with van der Waals surface area (Å²) in [7, 11) is 1.51. The van der Waals surface area contributed by atoms with Crippen LogP contribution in [0.2, 0.25) is 0 Å². The smallest absolute Gasteiger partial charge is 0.257 e. The second kappa shape index (κ2) is 5.26. The van der Waals surface area contributed by atoms with Crippen molar-refractivity contribution < 1.29 is 9.47 Å². The van der Waals surface area contributed by atoms with E-state index >= 15 is 0 Å². The first-order valence-electron chi connectivity index (χ1n) is 4.57. The topological polar surface area (TPSA) is 70.3 Å². The van der Waals surface area contributed by atoms with E-state index in [0.29, 0.717) is 18.4 Å². The Hall–Kier alpha value is -1.52. The molecular weight excluding hydrogens is 182 g/mol. The highest BCUT2D eigenvalue weighted by molar-refractivity contribution is 5.41. The van der Waals surface area contributed by atoms with Crippen molar-refractivity contribution in [3.63, 3.8) is 0 Å². The molecule has 0 saturated carbocycles. The van der Waals surface area contributed by atoms with Crippen LogP contribution in [0, 0.1) is 0 Å². The zero-order valence-corrected chi connectivity index (χ0v) is 8.49. The fourth-order valence-electron chi connectivity index (χ4n) is 0.898. The predicted molar refractivity (Wildman–Crippen MR) is 53.4 cm³/mol. The van der Waals surface area contributed by atoms with Crippen LogP contribution >= 0.6 is 0 Å². The lowest BCUT2D eigenvalue weighted by atomic mass is 10.4. The van der Waals surface area contributed by atoms with Crippen LogP contribution in [0.15, 0.2) is 6.20 Å². The third-order valence-electron chi connectivity index (χ3n) is 1.69. The van der Waals surface area contributed by atoms with Crippen molar-refractivity contribution in [1.29, 1.82) is 0 Å². The van der Waals surface area contributed by atoms with Crippen LogP contribution in [-0.4, -0.2) is 23.7 Å². The van der Waals surface area contributed by atoms with Gasteiger partial charge < -0.3 is 15.2 Å². The summed E-state index contributed by atoms with van der Waals surface area (Å²) in [4.78, 5) is 7.92. The molecule has 0 aromatic carbocycles. The molecule has 14 heavy (non-hydrogen) atoms. The zero-order chi connectivity index (χ0) is 10.4. The number of hydrogen-bond donors (Lipinski definition) is 1. The zero-order valence-electron chi connectivity index (χ0n) is 8.49. The average molecular weight is 197 g/mol. The summed E-state index contributed by atoms with van der Waals surface area (Å²) in [5.74, 6) is 1.03. The summed E-state index contributed by atoms with van der Waals surface area (Å²) < 4.78 is 10.2. The van der Waals surface area contributed by atoms with E-state index in [1.807, 2.05) is 0 Å². The minimum Gasteiger partial charge on any atom is -0.480 e. The first kappa shape index (κ1) is 10.6. The van der Waals surface area contributed by atoms with Gasteiger partial charge in [-0.15, -0.1) is 0 Å². The molecule has 1 rings (SSSR count). The van der Waals surface area contributed by atoms with Gasteiger partial charge in [0.1, 0.15) is 0 Å². The minimum atomic E-state index is 0.264. The summed E-state index contributed by atoms with van der Waals surface area (Å²) in [5.41, 5.74) is 5.60. The Morgan fingerprint density at radius 2 is 2.29 bits per heavy atom. The van der Waals surface area contributed by atoms with Crippen molar-refractivity contribution in [1.82, 2.24) is 9.97 Å². The van der Waals surface area contributed by atoms with Gasteiger partial charge in [0.2, 0.25) is 5.88 Å². The average Bonchev–Trinajstić information content (AvgIpc) is 2.20. The molecule has 0 aliphatic heterocycles. The highest BCUT2D eigenvalue weighted by Gasteiger charge is 2.04. The lowest BCUT2D eigenvalue weighted by molar-refractivity contribution is 0.296. The van der Waals surface area contributed by atoms with Crippen molar-refractivity contribution in [2.24, 2.45) is 0 Å². The fraction of sp³-hybridized carbons (Fsp3) is 0.556. The second-order valence-corrected chi connectivity index (χ2v) is 2.80. The van der Waals surface area contributed by atoms with E-state index < -0.39 is 0 Å². The molecule has 2 N–H and O–H groups in total. The largest absolute Gasteiger partial charge is 0.480 e. The van der Waals surface area contributed by atoms with E-state index in [1.54, 1.807) is 0 Å². The molecule has 0 atom stereocenters. The Morgan fingerprint density at radius 1 is 1.50 bits per heavy atom. The van der Waals surface area contributed by atoms with Crippen molar-refractivity contribution in [2.45, 2.75) is 19.8 Å². The first-order valence-corrected chi connectivity index (χ1v) is 4.57. The highest BCUT2D eigenvalue weighted by atomic mass is 16.5. The number of rotatable bonds is 5. The number of anilines is 1. The van der Waals surface area contributed by atoms with Gasteiger partial charge in [-0.3, -0.25) is 0 Å². The van der Waals surface area contributed by atoms with Crippen LogP contribution in [0.25, 0.3) is 0 Å². The number of aromatic nitrogens is 2. The van der Waals surface area contributed by atoms with Gasteiger partial charge in [0.05, 0.1) is 19.9 Å². The van der Waals surface area contributed by atoms with Gasteiger partial charge in [0.15, 0.2) is 5.82 Å². The molecule has 1 aromatic rings. The number of nitrogens with zero attached hydrogens (tertiary/aromatic N) is 2. The van der Waals surface area contributed by atoms with Gasteiger partial charge in [-0.25, -0.2) is 4.98 Å². The second-order valence-electron chi connectivity index (χ2n) is 2.80. The third kappa shape index (κ3) is 2.76. The lowest BCUT2D eigenvalue weighted by Crippen LogP contribution is -2.04.